The molecule has 0 spiro atoms. The largest absolute Gasteiger partial charge is 0.322 e. The quantitative estimate of drug-likeness (QED) is 0.776. The van der Waals surface area contributed by atoms with Gasteiger partial charge >= 0.3 is 0 Å². The Balaban J connectivity index is 1.87. The third-order valence-electron chi connectivity index (χ3n) is 3.15. The Hall–Kier alpha value is -2.26. The molecule has 0 saturated heterocycles. The van der Waals surface area contributed by atoms with Crippen molar-refractivity contribution in [2.75, 3.05) is 0 Å². The number of benzene rings is 2. The van der Waals surface area contributed by atoms with Gasteiger partial charge in [-0.05, 0) is 24.1 Å². The van der Waals surface area contributed by atoms with Crippen LogP contribution in [0.5, 0.6) is 0 Å². The van der Waals surface area contributed by atoms with Crippen molar-refractivity contribution < 1.29 is 0 Å². The highest BCUT2D eigenvalue weighted by molar-refractivity contribution is 5.73. The van der Waals surface area contributed by atoms with Crippen molar-refractivity contribution in [3.8, 4) is 0 Å². The Morgan fingerprint density at radius 1 is 0.895 bits per heavy atom. The molecule has 0 aliphatic carbocycles. The van der Waals surface area contributed by atoms with Crippen molar-refractivity contribution >= 4 is 11.0 Å². The van der Waals surface area contributed by atoms with E-state index < -0.39 is 0 Å². The van der Waals surface area contributed by atoms with Crippen molar-refractivity contribution in [1.29, 1.82) is 0 Å². The molecular weight excluding hydrogens is 234 g/mol. The second-order valence-electron chi connectivity index (χ2n) is 4.58. The van der Waals surface area contributed by atoms with Gasteiger partial charge in [-0.1, -0.05) is 42.5 Å². The van der Waals surface area contributed by atoms with Gasteiger partial charge in [0, 0.05) is 0 Å². The first-order valence-electron chi connectivity index (χ1n) is 6.34. The lowest BCUT2D eigenvalue weighted by Gasteiger charge is -2.11. The molecule has 3 rings (SSSR count). The van der Waals surface area contributed by atoms with E-state index in [2.05, 4.69) is 22.1 Å². The molecule has 0 aliphatic rings. The number of aromatic nitrogens is 2. The normalized spacial score (nSPS) is 12.5. The molecule has 0 bridgehead atoms. The van der Waals surface area contributed by atoms with E-state index in [9.17, 15) is 0 Å². The minimum Gasteiger partial charge on any atom is -0.322 e. The standard InChI is InChI=1S/C16H15N3/c17-13(10-12-6-2-1-3-7-12)16-11-18-14-8-4-5-9-15(14)19-16/h1-9,11,13H,10,17H2. The van der Waals surface area contributed by atoms with Crippen molar-refractivity contribution in [3.05, 3.63) is 72.1 Å². The molecule has 1 atom stereocenters. The van der Waals surface area contributed by atoms with Crippen LogP contribution in [-0.4, -0.2) is 9.97 Å². The van der Waals surface area contributed by atoms with Crippen molar-refractivity contribution in [2.24, 2.45) is 5.73 Å². The third kappa shape index (κ3) is 2.61. The number of nitrogens with zero attached hydrogens (tertiary/aromatic N) is 2. The lowest BCUT2D eigenvalue weighted by molar-refractivity contribution is 0.696. The number of fused-ring (bicyclic) bond motifs is 1. The van der Waals surface area contributed by atoms with E-state index in [4.69, 9.17) is 5.73 Å². The lowest BCUT2D eigenvalue weighted by Crippen LogP contribution is -2.15. The van der Waals surface area contributed by atoms with Crippen LogP contribution in [0.15, 0.2) is 60.8 Å². The number of rotatable bonds is 3. The average Bonchev–Trinajstić information content (AvgIpc) is 2.48. The summed E-state index contributed by atoms with van der Waals surface area (Å²) in [4.78, 5) is 8.99. The minimum atomic E-state index is -0.125. The zero-order valence-electron chi connectivity index (χ0n) is 10.5. The molecule has 3 aromatic rings. The van der Waals surface area contributed by atoms with E-state index in [-0.39, 0.29) is 6.04 Å². The molecule has 2 aromatic carbocycles. The van der Waals surface area contributed by atoms with Gasteiger partial charge in [-0.25, -0.2) is 4.98 Å². The molecule has 0 aliphatic heterocycles. The molecule has 0 amide bonds. The summed E-state index contributed by atoms with van der Waals surface area (Å²) in [7, 11) is 0. The van der Waals surface area contributed by atoms with E-state index in [0.717, 1.165) is 23.1 Å². The topological polar surface area (TPSA) is 51.8 Å². The molecule has 2 N–H and O–H groups in total. The zero-order valence-corrected chi connectivity index (χ0v) is 10.5. The summed E-state index contributed by atoms with van der Waals surface area (Å²) >= 11 is 0. The van der Waals surface area contributed by atoms with Crippen LogP contribution in [0.2, 0.25) is 0 Å². The maximum atomic E-state index is 6.22. The molecular formula is C16H15N3. The number of nitrogens with two attached hydrogens (primary N) is 1. The minimum absolute atomic E-state index is 0.125. The first kappa shape index (κ1) is 11.8. The van der Waals surface area contributed by atoms with E-state index in [0.29, 0.717) is 0 Å². The van der Waals surface area contributed by atoms with Gasteiger partial charge in [0.1, 0.15) is 0 Å². The Morgan fingerprint density at radius 3 is 2.37 bits per heavy atom. The van der Waals surface area contributed by atoms with Gasteiger partial charge in [0.15, 0.2) is 0 Å². The van der Waals surface area contributed by atoms with Crippen molar-refractivity contribution in [2.45, 2.75) is 12.5 Å². The Morgan fingerprint density at radius 2 is 1.58 bits per heavy atom. The maximum absolute atomic E-state index is 6.22. The fourth-order valence-electron chi connectivity index (χ4n) is 2.12. The van der Waals surface area contributed by atoms with E-state index in [1.807, 2.05) is 42.5 Å². The fraction of sp³-hybridized carbons (Fsp3) is 0.125. The third-order valence-corrected chi connectivity index (χ3v) is 3.15. The van der Waals surface area contributed by atoms with Crippen LogP contribution in [0.4, 0.5) is 0 Å². The molecule has 19 heavy (non-hydrogen) atoms. The summed E-state index contributed by atoms with van der Waals surface area (Å²) in [6, 6.07) is 17.9. The molecule has 0 saturated carbocycles. The maximum Gasteiger partial charge on any atom is 0.0890 e. The first-order chi connectivity index (χ1) is 9.33. The number of para-hydroxylation sites is 2. The summed E-state index contributed by atoms with van der Waals surface area (Å²) in [6.45, 7) is 0. The second-order valence-corrected chi connectivity index (χ2v) is 4.58. The summed E-state index contributed by atoms with van der Waals surface area (Å²) in [5.41, 5.74) is 10.1. The van der Waals surface area contributed by atoms with Crippen LogP contribution in [0, 0.1) is 0 Å². The van der Waals surface area contributed by atoms with E-state index in [1.165, 1.54) is 5.56 Å². The molecule has 1 unspecified atom stereocenters. The van der Waals surface area contributed by atoms with Gasteiger partial charge in [-0.3, -0.25) is 4.98 Å². The van der Waals surface area contributed by atoms with Crippen LogP contribution < -0.4 is 5.73 Å². The molecule has 0 fully saturated rings. The predicted octanol–water partition coefficient (Wildman–Crippen LogP) is 2.87. The zero-order chi connectivity index (χ0) is 13.1. The van der Waals surface area contributed by atoms with Crippen molar-refractivity contribution in [1.82, 2.24) is 9.97 Å². The summed E-state index contributed by atoms with van der Waals surface area (Å²) in [5, 5.41) is 0. The van der Waals surface area contributed by atoms with Gasteiger partial charge in [0.05, 0.1) is 29.0 Å². The predicted molar refractivity (Wildman–Crippen MR) is 76.6 cm³/mol. The number of hydrogen-bond donors (Lipinski definition) is 1. The summed E-state index contributed by atoms with van der Waals surface area (Å²) < 4.78 is 0. The highest BCUT2D eigenvalue weighted by atomic mass is 14.8. The van der Waals surface area contributed by atoms with Gasteiger partial charge in [-0.15, -0.1) is 0 Å². The van der Waals surface area contributed by atoms with Gasteiger partial charge in [0.25, 0.3) is 0 Å². The average molecular weight is 249 g/mol. The molecule has 0 radical (unpaired) electrons. The van der Waals surface area contributed by atoms with Gasteiger partial charge in [0.2, 0.25) is 0 Å². The van der Waals surface area contributed by atoms with Gasteiger partial charge in [-0.2, -0.15) is 0 Å². The van der Waals surface area contributed by atoms with Gasteiger partial charge < -0.3 is 5.73 Å². The van der Waals surface area contributed by atoms with Crippen molar-refractivity contribution in [3.63, 3.8) is 0 Å². The molecule has 94 valence electrons. The van der Waals surface area contributed by atoms with Crippen LogP contribution in [0.3, 0.4) is 0 Å². The van der Waals surface area contributed by atoms with Crippen LogP contribution in [0.1, 0.15) is 17.3 Å². The Labute approximate surface area is 112 Å². The number of hydrogen-bond acceptors (Lipinski definition) is 3. The fourth-order valence-corrected chi connectivity index (χ4v) is 2.12. The molecule has 1 heterocycles. The van der Waals surface area contributed by atoms with E-state index >= 15 is 0 Å². The second kappa shape index (κ2) is 5.16. The molecule has 3 heteroatoms. The lowest BCUT2D eigenvalue weighted by atomic mass is 10.0. The molecule has 3 nitrogen and oxygen atoms in total. The smallest absolute Gasteiger partial charge is 0.0890 e. The molecule has 1 aromatic heterocycles. The summed E-state index contributed by atoms with van der Waals surface area (Å²) in [6.07, 6.45) is 2.55. The Kier molecular flexibility index (Phi) is 3.21. The van der Waals surface area contributed by atoms with E-state index in [1.54, 1.807) is 6.20 Å². The SMILES string of the molecule is NC(Cc1ccccc1)c1cnc2ccccc2n1. The van der Waals surface area contributed by atoms with Crippen LogP contribution in [-0.2, 0) is 6.42 Å². The first-order valence-corrected chi connectivity index (χ1v) is 6.34. The highest BCUT2D eigenvalue weighted by Gasteiger charge is 2.09. The van der Waals surface area contributed by atoms with Crippen LogP contribution >= 0.6 is 0 Å². The monoisotopic (exact) mass is 249 g/mol. The summed E-state index contributed by atoms with van der Waals surface area (Å²) in [5.74, 6) is 0. The van der Waals surface area contributed by atoms with Crippen LogP contribution in [0.25, 0.3) is 11.0 Å². The Bertz CT molecular complexity index is 680. The highest BCUT2D eigenvalue weighted by Crippen LogP contribution is 2.16.